The van der Waals surface area contributed by atoms with Gasteiger partial charge < -0.3 is 15.3 Å². The molecule has 0 radical (unpaired) electrons. The maximum atomic E-state index is 11.5. The fourth-order valence-corrected chi connectivity index (χ4v) is 4.12. The van der Waals surface area contributed by atoms with Crippen LogP contribution in [0.25, 0.3) is 0 Å². The summed E-state index contributed by atoms with van der Waals surface area (Å²) in [6, 6.07) is -0.150. The molecule has 1 aromatic rings. The first-order chi connectivity index (χ1) is 12.7. The van der Waals surface area contributed by atoms with Crippen LogP contribution in [0, 0.1) is 27.4 Å². The summed E-state index contributed by atoms with van der Waals surface area (Å²) in [5.74, 6) is 1.38. The Balaban J connectivity index is 1.74. The number of amides is 1. The largest absolute Gasteiger partial charge is 0.465 e. The summed E-state index contributed by atoms with van der Waals surface area (Å²) in [6.45, 7) is 8.17. The first-order valence-corrected chi connectivity index (χ1v) is 9.61. The van der Waals surface area contributed by atoms with E-state index in [4.69, 9.17) is 0 Å². The quantitative estimate of drug-likeness (QED) is 0.580. The van der Waals surface area contributed by atoms with Crippen LogP contribution in [0.1, 0.15) is 46.5 Å². The third-order valence-electron chi connectivity index (χ3n) is 5.64. The van der Waals surface area contributed by atoms with E-state index >= 15 is 0 Å². The molecule has 0 bridgehead atoms. The molecule has 2 heterocycles. The second kappa shape index (κ2) is 7.36. The Labute approximate surface area is 158 Å². The average molecular weight is 379 g/mol. The number of nitrogens with one attached hydrogen (secondary N) is 1. The molecule has 9 nitrogen and oxygen atoms in total. The zero-order valence-corrected chi connectivity index (χ0v) is 16.2. The minimum Gasteiger partial charge on any atom is -0.465 e. The van der Waals surface area contributed by atoms with Gasteiger partial charge in [0, 0.05) is 25.7 Å². The molecule has 0 spiro atoms. The summed E-state index contributed by atoms with van der Waals surface area (Å²) in [6.07, 6.45) is 4.23. The topological polar surface area (TPSA) is 114 Å². The van der Waals surface area contributed by atoms with Crippen LogP contribution in [-0.4, -0.2) is 45.0 Å². The van der Waals surface area contributed by atoms with Crippen molar-refractivity contribution >= 4 is 17.6 Å². The Morgan fingerprint density at radius 1 is 1.37 bits per heavy atom. The van der Waals surface area contributed by atoms with E-state index in [0.717, 1.165) is 32.2 Å². The lowest BCUT2D eigenvalue weighted by Crippen LogP contribution is -2.51. The van der Waals surface area contributed by atoms with Gasteiger partial charge in [0.1, 0.15) is 6.20 Å². The Kier molecular flexibility index (Phi) is 5.30. The monoisotopic (exact) mass is 379 g/mol. The summed E-state index contributed by atoms with van der Waals surface area (Å²) in [7, 11) is 0. The number of aromatic nitrogens is 2. The molecule has 2 N–H and O–H groups in total. The molecule has 1 aliphatic heterocycles. The molecule has 1 saturated heterocycles. The molecule has 0 aromatic carbocycles. The molecule has 150 valence electrons. The number of hydrogen-bond donors (Lipinski definition) is 2. The Morgan fingerprint density at radius 2 is 2.00 bits per heavy atom. The highest BCUT2D eigenvalue weighted by atomic mass is 16.6. The van der Waals surface area contributed by atoms with Gasteiger partial charge in [0.2, 0.25) is 5.82 Å². The highest BCUT2D eigenvalue weighted by Crippen LogP contribution is 2.38. The molecule has 1 aromatic heterocycles. The zero-order valence-electron chi connectivity index (χ0n) is 16.2. The lowest BCUT2D eigenvalue weighted by Gasteiger charge is -2.41. The second-order valence-electron chi connectivity index (χ2n) is 8.85. The number of hydrogen-bond acceptors (Lipinski definition) is 5. The maximum Gasteiger partial charge on any atom is 0.404 e. The Bertz CT molecular complexity index is 699. The number of rotatable bonds is 6. The normalized spacial score (nSPS) is 19.7. The van der Waals surface area contributed by atoms with Crippen molar-refractivity contribution in [3.05, 3.63) is 16.3 Å². The molecular formula is C18H29N5O4. The van der Waals surface area contributed by atoms with E-state index in [2.05, 4.69) is 10.4 Å². The van der Waals surface area contributed by atoms with Gasteiger partial charge in [0.05, 0.1) is 4.92 Å². The van der Waals surface area contributed by atoms with Crippen molar-refractivity contribution in [2.45, 2.75) is 59.0 Å². The van der Waals surface area contributed by atoms with Crippen LogP contribution >= 0.6 is 0 Å². The SMILES string of the molecule is CC(C)(C)C(NC(=O)O)C1CCN(c2c([N+](=O)[O-])cnn2CC2CC2)CC1. The molecule has 2 fully saturated rings. The smallest absolute Gasteiger partial charge is 0.404 e. The third-order valence-corrected chi connectivity index (χ3v) is 5.64. The molecule has 9 heteroatoms. The van der Waals surface area contributed by atoms with Crippen molar-refractivity contribution in [3.63, 3.8) is 0 Å². The van der Waals surface area contributed by atoms with Gasteiger partial charge in [-0.2, -0.15) is 5.10 Å². The van der Waals surface area contributed by atoms with Crippen LogP contribution < -0.4 is 10.2 Å². The molecule has 27 heavy (non-hydrogen) atoms. The fourth-order valence-electron chi connectivity index (χ4n) is 4.12. The summed E-state index contributed by atoms with van der Waals surface area (Å²) in [5.41, 5.74) is -0.129. The lowest BCUT2D eigenvalue weighted by molar-refractivity contribution is -0.384. The minimum absolute atomic E-state index is 0.0603. The van der Waals surface area contributed by atoms with E-state index < -0.39 is 6.09 Å². The molecule has 3 rings (SSSR count). The van der Waals surface area contributed by atoms with Crippen molar-refractivity contribution in [1.29, 1.82) is 0 Å². The molecule has 2 aliphatic rings. The lowest BCUT2D eigenvalue weighted by atomic mass is 9.75. The van der Waals surface area contributed by atoms with Crippen molar-refractivity contribution in [1.82, 2.24) is 15.1 Å². The second-order valence-corrected chi connectivity index (χ2v) is 8.85. The van der Waals surface area contributed by atoms with Gasteiger partial charge >= 0.3 is 11.8 Å². The number of anilines is 1. The summed E-state index contributed by atoms with van der Waals surface area (Å²) >= 11 is 0. The van der Waals surface area contributed by atoms with Gasteiger partial charge in [-0.1, -0.05) is 20.8 Å². The number of carboxylic acid groups (broad SMARTS) is 1. The first kappa shape index (κ1) is 19.4. The number of piperidine rings is 1. The number of carbonyl (C=O) groups is 1. The van der Waals surface area contributed by atoms with Crippen molar-refractivity contribution in [2.24, 2.45) is 17.3 Å². The van der Waals surface area contributed by atoms with E-state index in [1.807, 2.05) is 25.7 Å². The van der Waals surface area contributed by atoms with E-state index in [1.165, 1.54) is 6.20 Å². The van der Waals surface area contributed by atoms with Crippen molar-refractivity contribution in [2.75, 3.05) is 18.0 Å². The highest BCUT2D eigenvalue weighted by molar-refractivity contribution is 5.65. The van der Waals surface area contributed by atoms with Crippen LogP contribution in [0.2, 0.25) is 0 Å². The molecule has 1 unspecified atom stereocenters. The van der Waals surface area contributed by atoms with E-state index in [0.29, 0.717) is 24.8 Å². The van der Waals surface area contributed by atoms with Crippen LogP contribution in [0.15, 0.2) is 6.20 Å². The highest BCUT2D eigenvalue weighted by Gasteiger charge is 2.38. The Hall–Kier alpha value is -2.32. The summed E-state index contributed by atoms with van der Waals surface area (Å²) in [5, 5.41) is 27.6. The van der Waals surface area contributed by atoms with Crippen molar-refractivity contribution in [3.8, 4) is 0 Å². The molecular weight excluding hydrogens is 350 g/mol. The van der Waals surface area contributed by atoms with Gasteiger partial charge in [-0.15, -0.1) is 0 Å². The zero-order chi connectivity index (χ0) is 19.8. The van der Waals surface area contributed by atoms with E-state index in [1.54, 1.807) is 4.68 Å². The van der Waals surface area contributed by atoms with Crippen LogP contribution in [0.4, 0.5) is 16.3 Å². The Morgan fingerprint density at radius 3 is 2.48 bits per heavy atom. The van der Waals surface area contributed by atoms with Crippen LogP contribution in [0.5, 0.6) is 0 Å². The average Bonchev–Trinajstić information content (AvgIpc) is 3.28. The molecule has 1 atom stereocenters. The number of nitro groups is 1. The summed E-state index contributed by atoms with van der Waals surface area (Å²) < 4.78 is 1.78. The predicted molar refractivity (Wildman–Crippen MR) is 101 cm³/mol. The van der Waals surface area contributed by atoms with Gasteiger partial charge in [-0.05, 0) is 42.9 Å². The molecule has 1 aliphatic carbocycles. The number of nitrogens with zero attached hydrogens (tertiary/aromatic N) is 4. The predicted octanol–water partition coefficient (Wildman–Crippen LogP) is 3.10. The standard InChI is InChI=1S/C18H29N5O4/c1-18(2,3)15(20-17(24)25)13-6-8-21(9-7-13)16-14(23(26)27)10-19-22(16)11-12-4-5-12/h10,12-13,15,20H,4-9,11H2,1-3H3,(H,24,25). The molecule has 1 amide bonds. The third kappa shape index (κ3) is 4.51. The van der Waals surface area contributed by atoms with Crippen LogP contribution in [-0.2, 0) is 6.54 Å². The fraction of sp³-hybridized carbons (Fsp3) is 0.778. The van der Waals surface area contributed by atoms with Gasteiger partial charge in [-0.3, -0.25) is 10.1 Å². The molecule has 1 saturated carbocycles. The van der Waals surface area contributed by atoms with Gasteiger partial charge in [0.25, 0.3) is 0 Å². The van der Waals surface area contributed by atoms with Crippen LogP contribution in [0.3, 0.4) is 0 Å². The summed E-state index contributed by atoms with van der Waals surface area (Å²) in [4.78, 5) is 24.4. The minimum atomic E-state index is -1.00. The van der Waals surface area contributed by atoms with Crippen molar-refractivity contribution < 1.29 is 14.8 Å². The van der Waals surface area contributed by atoms with E-state index in [-0.39, 0.29) is 28.0 Å². The van der Waals surface area contributed by atoms with E-state index in [9.17, 15) is 20.0 Å². The maximum absolute atomic E-state index is 11.5. The first-order valence-electron chi connectivity index (χ1n) is 9.61. The van der Waals surface area contributed by atoms with Gasteiger partial charge in [0.15, 0.2) is 0 Å². The van der Waals surface area contributed by atoms with Gasteiger partial charge in [-0.25, -0.2) is 9.48 Å².